The summed E-state index contributed by atoms with van der Waals surface area (Å²) in [5.41, 5.74) is 6.58. The molecule has 0 spiro atoms. The van der Waals surface area contributed by atoms with E-state index in [1.807, 2.05) is 13.1 Å². The largest absolute Gasteiger partial charge is 0.481 e. The molecule has 0 saturated carbocycles. The Labute approximate surface area is 84.5 Å². The van der Waals surface area contributed by atoms with Gasteiger partial charge in [-0.25, -0.2) is 4.98 Å². The lowest BCUT2D eigenvalue weighted by molar-refractivity contribution is 0.386. The molecule has 0 aliphatic heterocycles. The quantitative estimate of drug-likeness (QED) is 0.776. The summed E-state index contributed by atoms with van der Waals surface area (Å²) in [7, 11) is 1.62. The van der Waals surface area contributed by atoms with Gasteiger partial charge in [-0.15, -0.1) is 0 Å². The zero-order valence-corrected chi connectivity index (χ0v) is 8.95. The lowest BCUT2D eigenvalue weighted by atomic mass is 10.0. The van der Waals surface area contributed by atoms with Crippen molar-refractivity contribution in [2.45, 2.75) is 20.3 Å². The fraction of sp³-hybridized carbons (Fsp3) is 0.600. The van der Waals surface area contributed by atoms with Crippen molar-refractivity contribution in [3.8, 4) is 5.88 Å². The number of hydrogen-bond donors (Lipinski definition) is 1. The van der Waals surface area contributed by atoms with E-state index >= 15 is 0 Å². The molecule has 0 saturated heterocycles. The highest BCUT2D eigenvalue weighted by atomic mass is 16.5. The van der Waals surface area contributed by atoms with Gasteiger partial charge in [0.25, 0.3) is 0 Å². The molecular weight excluding hydrogens is 178 g/mol. The minimum Gasteiger partial charge on any atom is -0.481 e. The normalized spacial score (nSPS) is 12.6. The van der Waals surface area contributed by atoms with Crippen molar-refractivity contribution in [1.29, 1.82) is 0 Å². The highest BCUT2D eigenvalue weighted by molar-refractivity contribution is 5.24. The van der Waals surface area contributed by atoms with Crippen LogP contribution in [0.25, 0.3) is 0 Å². The first kappa shape index (κ1) is 10.9. The number of nitrogens with zero attached hydrogens (tertiary/aromatic N) is 2. The fourth-order valence-corrected chi connectivity index (χ4v) is 1.25. The lowest BCUT2D eigenvalue weighted by Crippen LogP contribution is -2.14. The predicted molar refractivity (Wildman–Crippen MR) is 55.2 cm³/mol. The van der Waals surface area contributed by atoms with E-state index in [2.05, 4.69) is 16.9 Å². The maximum absolute atomic E-state index is 5.56. The molecule has 1 unspecified atom stereocenters. The molecule has 0 aliphatic rings. The highest BCUT2D eigenvalue weighted by Crippen LogP contribution is 2.17. The van der Waals surface area contributed by atoms with Gasteiger partial charge in [0.05, 0.1) is 7.11 Å². The molecule has 0 amide bonds. The summed E-state index contributed by atoms with van der Waals surface area (Å²) in [5, 5.41) is 0. The molecular formula is C10H17N3O. The van der Waals surface area contributed by atoms with Crippen molar-refractivity contribution < 1.29 is 4.74 Å². The maximum Gasteiger partial charge on any atom is 0.219 e. The second kappa shape index (κ2) is 4.91. The van der Waals surface area contributed by atoms with Crippen LogP contribution in [0.3, 0.4) is 0 Å². The lowest BCUT2D eigenvalue weighted by Gasteiger charge is -2.11. The zero-order valence-electron chi connectivity index (χ0n) is 8.95. The Kier molecular flexibility index (Phi) is 3.83. The van der Waals surface area contributed by atoms with Crippen molar-refractivity contribution in [2.24, 2.45) is 11.7 Å². The third-order valence-corrected chi connectivity index (χ3v) is 2.11. The topological polar surface area (TPSA) is 61.0 Å². The van der Waals surface area contributed by atoms with Gasteiger partial charge in [0, 0.05) is 11.8 Å². The van der Waals surface area contributed by atoms with Gasteiger partial charge >= 0.3 is 0 Å². The van der Waals surface area contributed by atoms with Gasteiger partial charge in [-0.3, -0.25) is 0 Å². The average Bonchev–Trinajstić information content (AvgIpc) is 2.20. The van der Waals surface area contributed by atoms with Gasteiger partial charge in [-0.1, -0.05) is 6.92 Å². The Bertz CT molecular complexity index is 301. The minimum absolute atomic E-state index is 0.426. The fourth-order valence-electron chi connectivity index (χ4n) is 1.25. The number of ether oxygens (including phenoxy) is 1. The van der Waals surface area contributed by atoms with Crippen LogP contribution in [0, 0.1) is 12.8 Å². The monoisotopic (exact) mass is 195 g/mol. The molecule has 0 radical (unpaired) electrons. The zero-order chi connectivity index (χ0) is 10.6. The summed E-state index contributed by atoms with van der Waals surface area (Å²) in [6.07, 6.45) is 2.67. The molecule has 0 bridgehead atoms. The minimum atomic E-state index is 0.426. The van der Waals surface area contributed by atoms with Crippen molar-refractivity contribution in [2.75, 3.05) is 13.7 Å². The molecule has 0 aliphatic carbocycles. The molecule has 1 heterocycles. The molecule has 1 aromatic heterocycles. The number of hydrogen-bond acceptors (Lipinski definition) is 4. The second-order valence-corrected chi connectivity index (χ2v) is 3.50. The van der Waals surface area contributed by atoms with Gasteiger partial charge in [0.2, 0.25) is 5.88 Å². The number of aromatic nitrogens is 2. The van der Waals surface area contributed by atoms with Gasteiger partial charge < -0.3 is 10.5 Å². The summed E-state index contributed by atoms with van der Waals surface area (Å²) >= 11 is 0. The van der Waals surface area contributed by atoms with Crippen LogP contribution in [0.5, 0.6) is 5.88 Å². The van der Waals surface area contributed by atoms with Crippen LogP contribution in [0.2, 0.25) is 0 Å². The van der Waals surface area contributed by atoms with Gasteiger partial charge in [-0.2, -0.15) is 4.98 Å². The maximum atomic E-state index is 5.56. The molecule has 0 aromatic carbocycles. The number of rotatable bonds is 4. The van der Waals surface area contributed by atoms with Crippen LogP contribution >= 0.6 is 0 Å². The van der Waals surface area contributed by atoms with Crippen LogP contribution in [0.15, 0.2) is 6.20 Å². The molecule has 4 heteroatoms. The molecule has 1 atom stereocenters. The highest BCUT2D eigenvalue weighted by Gasteiger charge is 2.09. The Morgan fingerprint density at radius 1 is 1.57 bits per heavy atom. The second-order valence-electron chi connectivity index (χ2n) is 3.50. The standard InChI is InChI=1S/C10H17N3O/c1-7(5-11)4-9-6-12-8(2)13-10(9)14-3/h6-7H,4-5,11H2,1-3H3. The first-order valence-corrected chi connectivity index (χ1v) is 4.74. The van der Waals surface area contributed by atoms with Crippen LogP contribution in [0.4, 0.5) is 0 Å². The molecule has 1 rings (SSSR count). The Hall–Kier alpha value is -1.16. The molecule has 0 fully saturated rings. The van der Waals surface area contributed by atoms with E-state index in [-0.39, 0.29) is 0 Å². The van der Waals surface area contributed by atoms with E-state index < -0.39 is 0 Å². The van der Waals surface area contributed by atoms with E-state index in [0.29, 0.717) is 18.3 Å². The third kappa shape index (κ3) is 2.67. The first-order chi connectivity index (χ1) is 6.67. The van der Waals surface area contributed by atoms with E-state index in [0.717, 1.165) is 17.8 Å². The van der Waals surface area contributed by atoms with E-state index in [1.54, 1.807) is 7.11 Å². The first-order valence-electron chi connectivity index (χ1n) is 4.74. The Morgan fingerprint density at radius 3 is 2.86 bits per heavy atom. The predicted octanol–water partition coefficient (Wildman–Crippen LogP) is 0.931. The summed E-state index contributed by atoms with van der Waals surface area (Å²) < 4.78 is 5.18. The van der Waals surface area contributed by atoms with Crippen molar-refractivity contribution in [1.82, 2.24) is 9.97 Å². The van der Waals surface area contributed by atoms with E-state index in [4.69, 9.17) is 10.5 Å². The third-order valence-electron chi connectivity index (χ3n) is 2.11. The van der Waals surface area contributed by atoms with Crippen LogP contribution in [-0.2, 0) is 6.42 Å². The van der Waals surface area contributed by atoms with Gasteiger partial charge in [0.15, 0.2) is 0 Å². The smallest absolute Gasteiger partial charge is 0.219 e. The molecule has 2 N–H and O–H groups in total. The number of methoxy groups -OCH3 is 1. The van der Waals surface area contributed by atoms with E-state index in [1.165, 1.54) is 0 Å². The van der Waals surface area contributed by atoms with Gasteiger partial charge in [0.1, 0.15) is 5.82 Å². The molecule has 4 nitrogen and oxygen atoms in total. The van der Waals surface area contributed by atoms with Crippen LogP contribution in [0.1, 0.15) is 18.3 Å². The average molecular weight is 195 g/mol. The SMILES string of the molecule is COc1nc(C)ncc1CC(C)CN. The summed E-state index contributed by atoms with van der Waals surface area (Å²) in [6, 6.07) is 0. The molecule has 78 valence electrons. The Morgan fingerprint density at radius 2 is 2.29 bits per heavy atom. The number of aryl methyl sites for hydroxylation is 1. The van der Waals surface area contributed by atoms with Crippen LogP contribution in [-0.4, -0.2) is 23.6 Å². The summed E-state index contributed by atoms with van der Waals surface area (Å²) in [5.74, 6) is 1.82. The summed E-state index contributed by atoms with van der Waals surface area (Å²) in [4.78, 5) is 8.35. The van der Waals surface area contributed by atoms with Crippen molar-refractivity contribution in [3.63, 3.8) is 0 Å². The molecule has 14 heavy (non-hydrogen) atoms. The van der Waals surface area contributed by atoms with Crippen LogP contribution < -0.4 is 10.5 Å². The van der Waals surface area contributed by atoms with E-state index in [9.17, 15) is 0 Å². The number of nitrogens with two attached hydrogens (primary N) is 1. The summed E-state index contributed by atoms with van der Waals surface area (Å²) in [6.45, 7) is 4.61. The van der Waals surface area contributed by atoms with Gasteiger partial charge in [-0.05, 0) is 25.8 Å². The van der Waals surface area contributed by atoms with Crippen molar-refractivity contribution in [3.05, 3.63) is 17.6 Å². The Balaban J connectivity index is 2.85. The van der Waals surface area contributed by atoms with Crippen molar-refractivity contribution >= 4 is 0 Å². The molecule has 1 aromatic rings.